The minimum absolute atomic E-state index is 0.117. The van der Waals surface area contributed by atoms with E-state index in [1.54, 1.807) is 32.9 Å². The fraction of sp³-hybridized carbons (Fsp3) is 0.660. The maximum atomic E-state index is 14.2. The minimum atomic E-state index is -1.27. The average Bonchev–Trinajstić information content (AvgIpc) is 3.70. The Morgan fingerprint density at radius 1 is 0.875 bits per heavy atom. The lowest BCUT2D eigenvalue weighted by Gasteiger charge is -2.64. The summed E-state index contributed by atoms with van der Waals surface area (Å²) in [6, 6.07) is 9.83. The Hall–Kier alpha value is -5.08. The largest absolute Gasteiger partial charge is 0.497 e. The first-order valence-electron chi connectivity index (χ1n) is 26.1. The number of alkyl carbamates (subject to hydrolysis) is 1. The van der Waals surface area contributed by atoms with Gasteiger partial charge in [0.05, 0.1) is 18.3 Å². The van der Waals surface area contributed by atoms with Crippen LogP contribution in [0, 0.1) is 17.3 Å². The van der Waals surface area contributed by atoms with Gasteiger partial charge in [0.2, 0.25) is 23.6 Å². The Morgan fingerprint density at radius 2 is 1.56 bits per heavy atom. The Labute approximate surface area is 425 Å². The molecule has 0 aromatic heterocycles. The molecule has 8 N–H and O–H groups in total. The fourth-order valence-electron chi connectivity index (χ4n) is 10.2. The van der Waals surface area contributed by atoms with Crippen molar-refractivity contribution in [3.8, 4) is 11.1 Å². The van der Waals surface area contributed by atoms with Crippen molar-refractivity contribution >= 4 is 42.7 Å². The maximum absolute atomic E-state index is 14.2. The summed E-state index contributed by atoms with van der Waals surface area (Å²) in [5.41, 5.74) is 8.98. The number of nitrogens with two attached hydrogens (primary N) is 1. The summed E-state index contributed by atoms with van der Waals surface area (Å²) >= 11 is 0. The van der Waals surface area contributed by atoms with Gasteiger partial charge in [-0.3, -0.25) is 24.0 Å². The zero-order valence-corrected chi connectivity index (χ0v) is 43.7. The van der Waals surface area contributed by atoms with Crippen molar-refractivity contribution in [1.29, 1.82) is 0 Å². The van der Waals surface area contributed by atoms with Gasteiger partial charge in [-0.25, -0.2) is 4.79 Å². The van der Waals surface area contributed by atoms with Crippen LogP contribution in [-0.4, -0.2) is 123 Å². The number of ether oxygens (including phenoxy) is 3. The molecule has 3 saturated carbocycles. The van der Waals surface area contributed by atoms with Crippen molar-refractivity contribution in [3.63, 3.8) is 0 Å². The number of rotatable bonds is 16. The monoisotopic (exact) mass is 1000 g/mol. The molecule has 6 amide bonds. The highest BCUT2D eigenvalue weighted by Gasteiger charge is 2.68. The summed E-state index contributed by atoms with van der Waals surface area (Å²) in [5, 5.41) is 16.5. The highest BCUT2D eigenvalue weighted by molar-refractivity contribution is 6.47. The van der Waals surface area contributed by atoms with E-state index < -0.39 is 84.2 Å². The molecule has 72 heavy (non-hydrogen) atoms. The van der Waals surface area contributed by atoms with Crippen LogP contribution in [0.3, 0.4) is 0 Å². The molecule has 2 bridgehead atoms. The van der Waals surface area contributed by atoms with Crippen molar-refractivity contribution in [2.75, 3.05) is 33.0 Å². The molecule has 396 valence electrons. The smallest absolute Gasteiger partial charge is 0.444 e. The molecule has 9 unspecified atom stereocenters. The van der Waals surface area contributed by atoms with Gasteiger partial charge < -0.3 is 61.2 Å². The summed E-state index contributed by atoms with van der Waals surface area (Å²) in [5.74, 6) is -2.25. The van der Waals surface area contributed by atoms with Gasteiger partial charge in [-0.15, -0.1) is 0 Å². The summed E-state index contributed by atoms with van der Waals surface area (Å²) in [6.45, 7) is 16.3. The zero-order valence-electron chi connectivity index (χ0n) is 43.7. The van der Waals surface area contributed by atoms with Crippen LogP contribution >= 0.6 is 0 Å². The van der Waals surface area contributed by atoms with E-state index >= 15 is 0 Å². The molecule has 2 saturated heterocycles. The molecule has 5 aliphatic rings. The molecule has 2 heterocycles. The third-order valence-corrected chi connectivity index (χ3v) is 14.7. The second kappa shape index (κ2) is 25.2. The fourth-order valence-corrected chi connectivity index (χ4v) is 10.2. The van der Waals surface area contributed by atoms with Crippen molar-refractivity contribution in [2.24, 2.45) is 23.0 Å². The lowest BCUT2D eigenvalue weighted by atomic mass is 9.43. The van der Waals surface area contributed by atoms with Crippen molar-refractivity contribution in [3.05, 3.63) is 59.7 Å². The molecule has 18 nitrogen and oxygen atoms in total. The Morgan fingerprint density at radius 3 is 2.22 bits per heavy atom. The number of nitrogens with one attached hydrogen (secondary N) is 6. The summed E-state index contributed by atoms with van der Waals surface area (Å²) < 4.78 is 29.8. The van der Waals surface area contributed by atoms with E-state index in [1.165, 1.54) is 12.5 Å². The normalized spacial score (nSPS) is 26.6. The number of benzene rings is 2. The van der Waals surface area contributed by atoms with Crippen LogP contribution in [0.5, 0.6) is 0 Å². The number of carbonyl (C=O) groups is 6. The Kier molecular flexibility index (Phi) is 19.7. The Bertz CT molecular complexity index is 2170. The highest BCUT2D eigenvalue weighted by Crippen LogP contribution is 2.65. The van der Waals surface area contributed by atoms with Crippen LogP contribution in [-0.2, 0) is 49.1 Å². The van der Waals surface area contributed by atoms with Crippen LogP contribution in [0.4, 0.5) is 4.79 Å². The maximum Gasteiger partial charge on any atom is 0.497 e. The van der Waals surface area contributed by atoms with Gasteiger partial charge in [-0.05, 0) is 145 Å². The van der Waals surface area contributed by atoms with Gasteiger partial charge in [-0.2, -0.15) is 0 Å². The number of hydrogen-bond acceptors (Lipinski definition) is 12. The van der Waals surface area contributed by atoms with E-state index in [1.807, 2.05) is 12.1 Å². The van der Waals surface area contributed by atoms with E-state index in [-0.39, 0.29) is 50.7 Å². The topological polar surface area (TPSA) is 247 Å². The van der Waals surface area contributed by atoms with E-state index in [2.05, 4.69) is 83.9 Å². The van der Waals surface area contributed by atoms with E-state index in [0.717, 1.165) is 43.2 Å². The van der Waals surface area contributed by atoms with Crippen LogP contribution in [0.15, 0.2) is 48.5 Å². The highest BCUT2D eigenvalue weighted by atomic mass is 16.7. The van der Waals surface area contributed by atoms with Gasteiger partial charge >= 0.3 is 13.2 Å². The van der Waals surface area contributed by atoms with Crippen LogP contribution in [0.2, 0.25) is 0 Å². The van der Waals surface area contributed by atoms with Gasteiger partial charge in [0.1, 0.15) is 35.8 Å². The predicted octanol–water partition coefficient (Wildman–Crippen LogP) is 4.85. The van der Waals surface area contributed by atoms with Crippen LogP contribution < -0.4 is 37.6 Å². The number of carbonyl (C=O) groups excluding carboxylic acids is 6. The third-order valence-electron chi connectivity index (χ3n) is 14.7. The molecule has 5 fully saturated rings. The molecule has 2 aliphatic heterocycles. The standard InChI is InChI=1S/C53H80BN7O11/c1-9-10-15-34-17-19-35(20-18-34)36-21-23-37(24-22-36)45(63)59-39(16-11-12-26-56-50(67)70-51(3,4)5)46(64)60-41-32-69-28-14-13-27-68-29-25-40(58-44(62)33(2)57-48(41)66)47(65)61-49(55)54-71-43-31-38-30-42(52(38,6)7)53(43,8)72-54/h17-24,33,38-43,49H,9-16,25-32,55H2,1-8H3,(H,56,67)(H,57,66)(H,58,62)(H,59,63)(H,60,64)(H,61,65). The molecule has 0 radical (unpaired) electrons. The second-order valence-electron chi connectivity index (χ2n) is 21.7. The predicted molar refractivity (Wildman–Crippen MR) is 273 cm³/mol. The zero-order chi connectivity index (χ0) is 52.2. The quantitative estimate of drug-likeness (QED) is 0.0678. The molecule has 9 atom stereocenters. The van der Waals surface area contributed by atoms with Gasteiger partial charge in [0, 0.05) is 31.9 Å². The van der Waals surface area contributed by atoms with Gasteiger partial charge in [0.15, 0.2) is 0 Å². The Balaban J connectivity index is 1.09. The molecule has 2 aromatic carbocycles. The molecule has 3 aliphatic carbocycles. The molecule has 2 aromatic rings. The van der Waals surface area contributed by atoms with Crippen molar-refractivity contribution < 1.29 is 52.3 Å². The van der Waals surface area contributed by atoms with Gasteiger partial charge in [-0.1, -0.05) is 63.6 Å². The first kappa shape index (κ1) is 56.2. The molecular formula is C53H80BN7O11. The first-order chi connectivity index (χ1) is 34.2. The van der Waals surface area contributed by atoms with Crippen molar-refractivity contribution in [2.45, 2.75) is 174 Å². The number of aryl methyl sites for hydroxylation is 1. The van der Waals surface area contributed by atoms with Crippen LogP contribution in [0.1, 0.15) is 136 Å². The lowest BCUT2D eigenvalue weighted by Crippen LogP contribution is -2.65. The van der Waals surface area contributed by atoms with Crippen LogP contribution in [0.25, 0.3) is 11.1 Å². The minimum Gasteiger partial charge on any atom is -0.444 e. The lowest BCUT2D eigenvalue weighted by molar-refractivity contribution is -0.199. The number of amides is 6. The number of hydrogen-bond donors (Lipinski definition) is 7. The summed E-state index contributed by atoms with van der Waals surface area (Å²) in [6.07, 6.45) is 6.79. The first-order valence-corrected chi connectivity index (χ1v) is 26.1. The van der Waals surface area contributed by atoms with Gasteiger partial charge in [0.25, 0.3) is 5.91 Å². The van der Waals surface area contributed by atoms with E-state index in [4.69, 9.17) is 29.3 Å². The molecule has 7 rings (SSSR count). The SMILES string of the molecule is CCCCc1ccc(-c2ccc(C(=O)NC(CCCCNC(=O)OC(C)(C)C)C(=O)NC3COCCCCOCCC(C(=O)NC(N)B4OC5CC6CC(C6(C)C)C5(C)O4)NC(=O)C(C)NC3=O)cc2)cc1. The summed E-state index contributed by atoms with van der Waals surface area (Å²) in [4.78, 5) is 81.8. The summed E-state index contributed by atoms with van der Waals surface area (Å²) in [7, 11) is -0.880. The van der Waals surface area contributed by atoms with E-state index in [9.17, 15) is 28.8 Å². The number of unbranched alkanes of at least 4 members (excludes halogenated alkanes) is 2. The average molecular weight is 1000 g/mol. The second-order valence-corrected chi connectivity index (χ2v) is 21.7. The van der Waals surface area contributed by atoms with E-state index in [0.29, 0.717) is 49.7 Å². The third kappa shape index (κ3) is 15.0. The van der Waals surface area contributed by atoms with Crippen molar-refractivity contribution in [1.82, 2.24) is 31.9 Å². The molecule has 0 spiro atoms. The molecular weight excluding hydrogens is 921 g/mol. The molecule has 19 heteroatoms.